The molecule has 4 heteroatoms. The Hall–Kier alpha value is 0.0969. The lowest BCUT2D eigenvalue weighted by molar-refractivity contribution is -0.00583. The second-order valence-electron chi connectivity index (χ2n) is 3.26. The fourth-order valence-corrected chi connectivity index (χ4v) is 2.76. The van der Waals surface area contributed by atoms with E-state index in [1.165, 1.54) is 0 Å². The van der Waals surface area contributed by atoms with Crippen molar-refractivity contribution in [1.29, 1.82) is 0 Å². The molecule has 13 heavy (non-hydrogen) atoms. The van der Waals surface area contributed by atoms with Crippen LogP contribution in [0.3, 0.4) is 0 Å². The molecular formula is C9H22O3Si. The van der Waals surface area contributed by atoms with Gasteiger partial charge >= 0.3 is 8.56 Å². The lowest BCUT2D eigenvalue weighted by Gasteiger charge is -2.24. The molecule has 0 aromatic rings. The van der Waals surface area contributed by atoms with Gasteiger partial charge in [-0.25, -0.2) is 0 Å². The molecule has 0 aromatic heterocycles. The quantitative estimate of drug-likeness (QED) is 0.347. The van der Waals surface area contributed by atoms with Crippen LogP contribution in [0.2, 0.25) is 12.6 Å². The molecule has 0 spiro atoms. The Labute approximate surface area is 82.6 Å². The highest BCUT2D eigenvalue weighted by molar-refractivity contribution is 6.65. The van der Waals surface area contributed by atoms with Crippen LogP contribution in [0.15, 0.2) is 0 Å². The maximum Gasteiger partial charge on any atom is 0.336 e. The molecule has 1 atom stereocenters. The highest BCUT2D eigenvalue weighted by Crippen LogP contribution is 2.14. The number of hydrogen-bond donors (Lipinski definition) is 0. The smallest absolute Gasteiger partial charge is 0.336 e. The summed E-state index contributed by atoms with van der Waals surface area (Å²) in [6, 6.07) is 1.03. The average Bonchev–Trinajstić information content (AvgIpc) is 2.13. The molecule has 0 rings (SSSR count). The summed E-state index contributed by atoms with van der Waals surface area (Å²) in [6.45, 7) is 7.44. The van der Waals surface area contributed by atoms with E-state index in [9.17, 15) is 0 Å². The molecule has 0 N–H and O–H groups in total. The molecule has 0 amide bonds. The van der Waals surface area contributed by atoms with Crippen molar-refractivity contribution < 1.29 is 13.6 Å². The highest BCUT2D eigenvalue weighted by Gasteiger charge is 2.28. The summed E-state index contributed by atoms with van der Waals surface area (Å²) in [6.07, 6.45) is 2.13. The third kappa shape index (κ3) is 6.21. The van der Waals surface area contributed by atoms with Gasteiger partial charge in [0.15, 0.2) is 0 Å². The largest absolute Gasteiger partial charge is 0.398 e. The van der Waals surface area contributed by atoms with Gasteiger partial charge in [-0.05, 0) is 19.0 Å². The molecule has 80 valence electrons. The summed E-state index contributed by atoms with van der Waals surface area (Å²) in [4.78, 5) is 0. The zero-order valence-electron chi connectivity index (χ0n) is 9.26. The van der Waals surface area contributed by atoms with Crippen molar-refractivity contribution >= 4 is 8.56 Å². The molecule has 0 aromatic carbocycles. The summed E-state index contributed by atoms with van der Waals surface area (Å²) in [5.41, 5.74) is 0. The Kier molecular flexibility index (Phi) is 7.55. The molecule has 3 nitrogen and oxygen atoms in total. The molecule has 1 unspecified atom stereocenters. The second-order valence-corrected chi connectivity index (χ2v) is 6.72. The summed E-state index contributed by atoms with van der Waals surface area (Å²) < 4.78 is 16.3. The van der Waals surface area contributed by atoms with Crippen LogP contribution in [-0.4, -0.2) is 29.1 Å². The zero-order chi connectivity index (χ0) is 10.2. The van der Waals surface area contributed by atoms with Gasteiger partial charge in [-0.3, -0.25) is 0 Å². The van der Waals surface area contributed by atoms with Crippen LogP contribution in [0.25, 0.3) is 0 Å². The van der Waals surface area contributed by atoms with Crippen molar-refractivity contribution in [3.8, 4) is 0 Å². The zero-order valence-corrected chi connectivity index (χ0v) is 10.3. The van der Waals surface area contributed by atoms with Gasteiger partial charge in [0.2, 0.25) is 0 Å². The van der Waals surface area contributed by atoms with Crippen LogP contribution in [0.5, 0.6) is 0 Å². The normalized spacial score (nSPS) is 15.7. The van der Waals surface area contributed by atoms with Gasteiger partial charge in [-0.1, -0.05) is 20.3 Å². The minimum absolute atomic E-state index is 0.379. The summed E-state index contributed by atoms with van der Waals surface area (Å²) in [5.74, 6) is 0. The Morgan fingerprint density at radius 2 is 1.85 bits per heavy atom. The molecule has 0 saturated carbocycles. The van der Waals surface area contributed by atoms with Crippen LogP contribution >= 0.6 is 0 Å². The summed E-state index contributed by atoms with van der Waals surface area (Å²) in [5, 5.41) is 0. The van der Waals surface area contributed by atoms with Gasteiger partial charge in [0.1, 0.15) is 6.79 Å². The number of hydrogen-bond acceptors (Lipinski definition) is 3. The van der Waals surface area contributed by atoms with Crippen molar-refractivity contribution in [2.45, 2.75) is 39.3 Å². The average molecular weight is 206 g/mol. The maximum absolute atomic E-state index is 5.62. The molecule has 0 aliphatic heterocycles. The lowest BCUT2D eigenvalue weighted by atomic mass is 10.5. The lowest BCUT2D eigenvalue weighted by Crippen LogP contribution is -2.37. The van der Waals surface area contributed by atoms with Crippen molar-refractivity contribution in [2.24, 2.45) is 0 Å². The molecule has 0 heterocycles. The van der Waals surface area contributed by atoms with Gasteiger partial charge < -0.3 is 13.6 Å². The van der Waals surface area contributed by atoms with E-state index in [2.05, 4.69) is 20.4 Å². The van der Waals surface area contributed by atoms with Gasteiger partial charge in [-0.15, -0.1) is 0 Å². The van der Waals surface area contributed by atoms with E-state index in [1.54, 1.807) is 7.11 Å². The monoisotopic (exact) mass is 206 g/mol. The van der Waals surface area contributed by atoms with E-state index >= 15 is 0 Å². The van der Waals surface area contributed by atoms with E-state index < -0.39 is 8.56 Å². The minimum Gasteiger partial charge on any atom is -0.398 e. The number of ether oxygens (including phenoxy) is 1. The van der Waals surface area contributed by atoms with E-state index in [1.807, 2.05) is 0 Å². The molecule has 0 aliphatic carbocycles. The second kappa shape index (κ2) is 7.50. The third-order valence-corrected chi connectivity index (χ3v) is 4.93. The Morgan fingerprint density at radius 3 is 2.31 bits per heavy atom. The molecule has 0 saturated heterocycles. The van der Waals surface area contributed by atoms with E-state index in [0.717, 1.165) is 25.5 Å². The Morgan fingerprint density at radius 1 is 1.15 bits per heavy atom. The fraction of sp³-hybridized carbons (Fsp3) is 1.00. The number of rotatable bonds is 8. The van der Waals surface area contributed by atoms with Crippen LogP contribution in [-0.2, 0) is 13.6 Å². The Balaban J connectivity index is 3.57. The SMILES string of the molecule is CCCOCO[Si](C)(CCC)OC. The first-order valence-electron chi connectivity index (χ1n) is 4.95. The van der Waals surface area contributed by atoms with Gasteiger partial charge in [0.05, 0.1) is 0 Å². The maximum atomic E-state index is 5.62. The summed E-state index contributed by atoms with van der Waals surface area (Å²) in [7, 11) is -0.174. The minimum atomic E-state index is -1.90. The van der Waals surface area contributed by atoms with Crippen LogP contribution in [0.1, 0.15) is 26.7 Å². The first kappa shape index (κ1) is 13.1. The molecule has 0 aliphatic rings. The van der Waals surface area contributed by atoms with Gasteiger partial charge in [0.25, 0.3) is 0 Å². The standard InChI is InChI=1S/C9H22O3Si/c1-5-7-11-9-12-13(4,10-3)8-6-2/h5-9H2,1-4H3. The van der Waals surface area contributed by atoms with Crippen molar-refractivity contribution in [1.82, 2.24) is 0 Å². The fourth-order valence-electron chi connectivity index (χ4n) is 1.06. The topological polar surface area (TPSA) is 27.7 Å². The predicted molar refractivity (Wildman–Crippen MR) is 55.9 cm³/mol. The van der Waals surface area contributed by atoms with Crippen molar-refractivity contribution in [3.63, 3.8) is 0 Å². The van der Waals surface area contributed by atoms with Gasteiger partial charge in [0, 0.05) is 13.7 Å². The predicted octanol–water partition coefficient (Wildman–Crippen LogP) is 2.52. The van der Waals surface area contributed by atoms with E-state index in [0.29, 0.717) is 6.79 Å². The molecule has 0 radical (unpaired) electrons. The van der Waals surface area contributed by atoms with Crippen LogP contribution < -0.4 is 0 Å². The van der Waals surface area contributed by atoms with E-state index in [-0.39, 0.29) is 0 Å². The van der Waals surface area contributed by atoms with Crippen molar-refractivity contribution in [2.75, 3.05) is 20.5 Å². The van der Waals surface area contributed by atoms with Crippen LogP contribution in [0.4, 0.5) is 0 Å². The van der Waals surface area contributed by atoms with Crippen LogP contribution in [0, 0.1) is 0 Å². The Bertz CT molecular complexity index is 121. The van der Waals surface area contributed by atoms with Crippen molar-refractivity contribution in [3.05, 3.63) is 0 Å². The first-order valence-corrected chi connectivity index (χ1v) is 7.47. The molecule has 0 bridgehead atoms. The third-order valence-electron chi connectivity index (χ3n) is 1.93. The highest BCUT2D eigenvalue weighted by atomic mass is 28.4. The van der Waals surface area contributed by atoms with E-state index in [4.69, 9.17) is 13.6 Å². The van der Waals surface area contributed by atoms with Gasteiger partial charge in [-0.2, -0.15) is 0 Å². The molecular weight excluding hydrogens is 184 g/mol. The molecule has 0 fully saturated rings. The first-order chi connectivity index (χ1) is 6.18. The summed E-state index contributed by atoms with van der Waals surface area (Å²) >= 11 is 0.